The average Bonchev–Trinajstić information content (AvgIpc) is 2.62. The molecule has 1 atom stereocenters. The first-order valence-corrected chi connectivity index (χ1v) is 9.25. The summed E-state index contributed by atoms with van der Waals surface area (Å²) in [6.45, 7) is 2.74. The van der Waals surface area contributed by atoms with Crippen molar-refractivity contribution in [3.8, 4) is 0 Å². The standard InChI is InChI=1S/C17H18N2O5S/c1-13-2-4-14(5-3-13)17-12-18(10-11-24-17)25(22,23)16-8-6-15(7-9-16)19(20)21/h2-9,17H,10-12H2,1H3. The third-order valence-electron chi connectivity index (χ3n) is 4.16. The Balaban J connectivity index is 1.81. The Bertz CT molecular complexity index is 863. The minimum atomic E-state index is -3.72. The molecule has 1 unspecified atom stereocenters. The normalized spacial score (nSPS) is 18.8. The predicted molar refractivity (Wildman–Crippen MR) is 91.7 cm³/mol. The number of ether oxygens (including phenoxy) is 1. The monoisotopic (exact) mass is 362 g/mol. The molecule has 1 aliphatic heterocycles. The van der Waals surface area contributed by atoms with Crippen LogP contribution in [0.2, 0.25) is 0 Å². The van der Waals surface area contributed by atoms with E-state index in [1.165, 1.54) is 28.6 Å². The molecule has 0 aromatic heterocycles. The summed E-state index contributed by atoms with van der Waals surface area (Å²) >= 11 is 0. The zero-order chi connectivity index (χ0) is 18.0. The van der Waals surface area contributed by atoms with Gasteiger partial charge in [-0.2, -0.15) is 4.31 Å². The van der Waals surface area contributed by atoms with Crippen LogP contribution in [-0.2, 0) is 14.8 Å². The van der Waals surface area contributed by atoms with Crippen LogP contribution in [0.15, 0.2) is 53.4 Å². The minimum absolute atomic E-state index is 0.0441. The van der Waals surface area contributed by atoms with Gasteiger partial charge >= 0.3 is 0 Å². The number of nitro groups is 1. The molecule has 8 heteroatoms. The van der Waals surface area contributed by atoms with E-state index >= 15 is 0 Å². The third kappa shape index (κ3) is 3.71. The van der Waals surface area contributed by atoms with Gasteiger partial charge in [0, 0.05) is 25.2 Å². The second-order valence-electron chi connectivity index (χ2n) is 5.88. The molecule has 0 aliphatic carbocycles. The van der Waals surface area contributed by atoms with Crippen LogP contribution in [0.1, 0.15) is 17.2 Å². The molecule has 0 saturated carbocycles. The summed E-state index contributed by atoms with van der Waals surface area (Å²) in [7, 11) is -3.72. The molecule has 0 spiro atoms. The predicted octanol–water partition coefficient (Wildman–Crippen LogP) is 2.67. The Morgan fingerprint density at radius 3 is 2.36 bits per heavy atom. The molecule has 1 heterocycles. The van der Waals surface area contributed by atoms with E-state index in [-0.39, 0.29) is 29.8 Å². The first-order chi connectivity index (χ1) is 11.9. The number of morpholine rings is 1. The number of nitro benzene ring substituents is 1. The molecule has 2 aromatic carbocycles. The van der Waals surface area contributed by atoms with Crippen LogP contribution >= 0.6 is 0 Å². The van der Waals surface area contributed by atoms with Gasteiger partial charge in [0.1, 0.15) is 0 Å². The summed E-state index contributed by atoms with van der Waals surface area (Å²) in [5, 5.41) is 10.7. The van der Waals surface area contributed by atoms with Crippen LogP contribution in [0.5, 0.6) is 0 Å². The maximum absolute atomic E-state index is 12.8. The molecule has 1 aliphatic rings. The maximum atomic E-state index is 12.8. The van der Waals surface area contributed by atoms with Crippen LogP contribution in [0.3, 0.4) is 0 Å². The summed E-state index contributed by atoms with van der Waals surface area (Å²) in [5.41, 5.74) is 1.91. The number of hydrogen-bond donors (Lipinski definition) is 0. The van der Waals surface area contributed by atoms with Crippen molar-refractivity contribution in [3.05, 3.63) is 69.8 Å². The molecule has 2 aromatic rings. The molecule has 0 bridgehead atoms. The number of hydrogen-bond acceptors (Lipinski definition) is 5. The van der Waals surface area contributed by atoms with Crippen molar-refractivity contribution < 1.29 is 18.1 Å². The minimum Gasteiger partial charge on any atom is -0.371 e. The Morgan fingerprint density at radius 1 is 1.12 bits per heavy atom. The highest BCUT2D eigenvalue weighted by Gasteiger charge is 2.31. The Kier molecular flexibility index (Phi) is 4.85. The fraction of sp³-hybridized carbons (Fsp3) is 0.294. The number of aryl methyl sites for hydroxylation is 1. The zero-order valence-corrected chi connectivity index (χ0v) is 14.5. The number of benzene rings is 2. The van der Waals surface area contributed by atoms with Crippen LogP contribution in [0.25, 0.3) is 0 Å². The molecule has 0 radical (unpaired) electrons. The van der Waals surface area contributed by atoms with Crippen molar-refractivity contribution >= 4 is 15.7 Å². The van der Waals surface area contributed by atoms with E-state index < -0.39 is 14.9 Å². The molecule has 0 N–H and O–H groups in total. The molecule has 0 amide bonds. The summed E-state index contributed by atoms with van der Waals surface area (Å²) in [6, 6.07) is 12.7. The van der Waals surface area contributed by atoms with Gasteiger partial charge < -0.3 is 4.74 Å². The molecule has 1 fully saturated rings. The number of non-ortho nitro benzene ring substituents is 1. The molecule has 25 heavy (non-hydrogen) atoms. The van der Waals surface area contributed by atoms with Crippen molar-refractivity contribution in [3.63, 3.8) is 0 Å². The van der Waals surface area contributed by atoms with Gasteiger partial charge in [-0.1, -0.05) is 29.8 Å². The molecular weight excluding hydrogens is 344 g/mol. The quantitative estimate of drug-likeness (QED) is 0.616. The van der Waals surface area contributed by atoms with Crippen LogP contribution < -0.4 is 0 Å². The maximum Gasteiger partial charge on any atom is 0.269 e. The Hall–Kier alpha value is -2.29. The van der Waals surface area contributed by atoms with Gasteiger partial charge in [0.05, 0.1) is 22.5 Å². The van der Waals surface area contributed by atoms with E-state index in [2.05, 4.69) is 0 Å². The topological polar surface area (TPSA) is 89.8 Å². The molecule has 3 rings (SSSR count). The van der Waals surface area contributed by atoms with Crippen LogP contribution in [0, 0.1) is 17.0 Å². The van der Waals surface area contributed by atoms with Gasteiger partial charge in [-0.25, -0.2) is 8.42 Å². The first-order valence-electron chi connectivity index (χ1n) is 7.81. The fourth-order valence-electron chi connectivity index (χ4n) is 2.72. The zero-order valence-electron chi connectivity index (χ0n) is 13.7. The molecule has 132 valence electrons. The average molecular weight is 362 g/mol. The second kappa shape index (κ2) is 6.91. The van der Waals surface area contributed by atoms with Gasteiger partial charge in [0.15, 0.2) is 0 Å². The van der Waals surface area contributed by atoms with Gasteiger partial charge in [0.25, 0.3) is 5.69 Å². The SMILES string of the molecule is Cc1ccc(C2CN(S(=O)(=O)c3ccc([N+](=O)[O-])cc3)CCO2)cc1. The first kappa shape index (κ1) is 17.5. The van der Waals surface area contributed by atoms with Crippen molar-refractivity contribution in [1.29, 1.82) is 0 Å². The van der Waals surface area contributed by atoms with E-state index in [9.17, 15) is 18.5 Å². The van der Waals surface area contributed by atoms with Crippen molar-refractivity contribution in [1.82, 2.24) is 4.31 Å². The van der Waals surface area contributed by atoms with E-state index in [1.54, 1.807) is 0 Å². The molecule has 7 nitrogen and oxygen atoms in total. The second-order valence-corrected chi connectivity index (χ2v) is 7.82. The lowest BCUT2D eigenvalue weighted by Gasteiger charge is -2.32. The summed E-state index contributed by atoms with van der Waals surface area (Å²) < 4.78 is 32.7. The van der Waals surface area contributed by atoms with Crippen molar-refractivity contribution in [2.24, 2.45) is 0 Å². The van der Waals surface area contributed by atoms with Gasteiger partial charge in [-0.3, -0.25) is 10.1 Å². The Labute approximate surface area is 146 Å². The highest BCUT2D eigenvalue weighted by atomic mass is 32.2. The van der Waals surface area contributed by atoms with E-state index in [4.69, 9.17) is 4.74 Å². The van der Waals surface area contributed by atoms with E-state index in [0.717, 1.165) is 11.1 Å². The fourth-order valence-corrected chi connectivity index (χ4v) is 4.14. The van der Waals surface area contributed by atoms with Gasteiger partial charge in [-0.15, -0.1) is 0 Å². The van der Waals surface area contributed by atoms with Gasteiger partial charge in [-0.05, 0) is 24.6 Å². The Morgan fingerprint density at radius 2 is 1.76 bits per heavy atom. The van der Waals surface area contributed by atoms with Crippen LogP contribution in [-0.4, -0.2) is 37.3 Å². The lowest BCUT2D eigenvalue weighted by atomic mass is 10.1. The highest BCUT2D eigenvalue weighted by Crippen LogP contribution is 2.27. The van der Waals surface area contributed by atoms with Crippen molar-refractivity contribution in [2.75, 3.05) is 19.7 Å². The smallest absolute Gasteiger partial charge is 0.269 e. The highest BCUT2D eigenvalue weighted by molar-refractivity contribution is 7.89. The van der Waals surface area contributed by atoms with E-state index in [1.807, 2.05) is 31.2 Å². The number of nitrogens with zero attached hydrogens (tertiary/aromatic N) is 2. The molecular formula is C17H18N2O5S. The summed E-state index contributed by atoms with van der Waals surface area (Å²) in [6.07, 6.45) is -0.331. The van der Waals surface area contributed by atoms with Crippen LogP contribution in [0.4, 0.5) is 5.69 Å². The number of sulfonamides is 1. The van der Waals surface area contributed by atoms with Gasteiger partial charge in [0.2, 0.25) is 10.0 Å². The lowest BCUT2D eigenvalue weighted by Crippen LogP contribution is -2.42. The summed E-state index contributed by atoms with van der Waals surface area (Å²) in [4.78, 5) is 10.2. The molecule has 1 saturated heterocycles. The van der Waals surface area contributed by atoms with Crippen molar-refractivity contribution in [2.45, 2.75) is 17.9 Å². The van der Waals surface area contributed by atoms with E-state index in [0.29, 0.717) is 6.61 Å². The summed E-state index contributed by atoms with van der Waals surface area (Å²) in [5.74, 6) is 0. The lowest BCUT2D eigenvalue weighted by molar-refractivity contribution is -0.384. The largest absolute Gasteiger partial charge is 0.371 e. The number of rotatable bonds is 4. The third-order valence-corrected chi connectivity index (χ3v) is 6.04.